The van der Waals surface area contributed by atoms with Gasteiger partial charge >= 0.3 is 0 Å². The van der Waals surface area contributed by atoms with Crippen LogP contribution in [0.15, 0.2) is 18.3 Å². The second-order valence-electron chi connectivity index (χ2n) is 5.25. The van der Waals surface area contributed by atoms with E-state index in [1.54, 1.807) is 0 Å². The first-order chi connectivity index (χ1) is 8.36. The number of hydrogen-bond donors (Lipinski definition) is 1. The lowest BCUT2D eigenvalue weighted by Crippen LogP contribution is -2.38. The molecule has 0 bridgehead atoms. The second kappa shape index (κ2) is 4.75. The molecule has 3 nitrogen and oxygen atoms in total. The van der Waals surface area contributed by atoms with Crippen molar-refractivity contribution >= 4 is 0 Å². The molecule has 1 saturated heterocycles. The maximum atomic E-state index is 6.45. The van der Waals surface area contributed by atoms with E-state index in [1.807, 2.05) is 12.3 Å². The zero-order valence-electron chi connectivity index (χ0n) is 10.1. The third-order valence-electron chi connectivity index (χ3n) is 4.21. The molecule has 3 rings (SSSR count). The molecule has 92 valence electrons. The Kier molecular flexibility index (Phi) is 3.12. The highest BCUT2D eigenvalue weighted by Crippen LogP contribution is 2.35. The minimum Gasteiger partial charge on any atom is -0.381 e. The first-order valence-corrected chi connectivity index (χ1v) is 6.63. The van der Waals surface area contributed by atoms with E-state index in [0.717, 1.165) is 26.1 Å². The molecule has 3 heteroatoms. The Labute approximate surface area is 102 Å². The van der Waals surface area contributed by atoms with Crippen molar-refractivity contribution in [2.75, 3.05) is 13.2 Å². The molecule has 1 aliphatic heterocycles. The van der Waals surface area contributed by atoms with Gasteiger partial charge in [-0.25, -0.2) is 0 Å². The number of rotatable bonds is 2. The first kappa shape index (κ1) is 11.2. The molecule has 17 heavy (non-hydrogen) atoms. The van der Waals surface area contributed by atoms with Crippen LogP contribution in [0.4, 0.5) is 0 Å². The molecular formula is C14H20N2O. The molecule has 3 atom stereocenters. The summed E-state index contributed by atoms with van der Waals surface area (Å²) in [6, 6.07) is 4.45. The molecule has 1 fully saturated rings. The molecule has 1 aromatic rings. The van der Waals surface area contributed by atoms with E-state index >= 15 is 0 Å². The molecule has 0 radical (unpaired) electrons. The van der Waals surface area contributed by atoms with Gasteiger partial charge < -0.3 is 10.5 Å². The van der Waals surface area contributed by atoms with Crippen LogP contribution in [0, 0.1) is 5.92 Å². The third-order valence-corrected chi connectivity index (χ3v) is 4.21. The van der Waals surface area contributed by atoms with Crippen molar-refractivity contribution in [2.45, 2.75) is 37.6 Å². The molecule has 0 amide bonds. The summed E-state index contributed by atoms with van der Waals surface area (Å²) in [5.74, 6) is 0.958. The number of hydrogen-bond acceptors (Lipinski definition) is 3. The van der Waals surface area contributed by atoms with E-state index < -0.39 is 0 Å². The predicted octanol–water partition coefficient (Wildman–Crippen LogP) is 1.87. The number of aryl methyl sites for hydroxylation is 1. The average Bonchev–Trinajstić information content (AvgIpc) is 2.91. The van der Waals surface area contributed by atoms with Crippen molar-refractivity contribution < 1.29 is 4.74 Å². The van der Waals surface area contributed by atoms with Gasteiger partial charge in [-0.2, -0.15) is 0 Å². The Balaban J connectivity index is 1.84. The van der Waals surface area contributed by atoms with Crippen molar-refractivity contribution in [1.82, 2.24) is 4.98 Å². The Morgan fingerprint density at radius 2 is 2.35 bits per heavy atom. The summed E-state index contributed by atoms with van der Waals surface area (Å²) >= 11 is 0. The minimum atomic E-state index is 0.214. The van der Waals surface area contributed by atoms with Gasteiger partial charge in [0.25, 0.3) is 0 Å². The Morgan fingerprint density at radius 3 is 3.18 bits per heavy atom. The highest BCUT2D eigenvalue weighted by molar-refractivity contribution is 5.27. The van der Waals surface area contributed by atoms with Crippen molar-refractivity contribution in [2.24, 2.45) is 11.7 Å². The van der Waals surface area contributed by atoms with Crippen LogP contribution in [0.2, 0.25) is 0 Å². The van der Waals surface area contributed by atoms with Crippen LogP contribution in [0.1, 0.15) is 36.4 Å². The summed E-state index contributed by atoms with van der Waals surface area (Å²) in [7, 11) is 0. The zero-order valence-corrected chi connectivity index (χ0v) is 10.1. The van der Waals surface area contributed by atoms with Gasteiger partial charge in [-0.05, 0) is 37.3 Å². The fourth-order valence-electron chi connectivity index (χ4n) is 3.20. The van der Waals surface area contributed by atoms with Crippen molar-refractivity contribution in [3.8, 4) is 0 Å². The molecule has 0 spiro atoms. The quantitative estimate of drug-likeness (QED) is 0.846. The summed E-state index contributed by atoms with van der Waals surface area (Å²) < 4.78 is 5.46. The van der Waals surface area contributed by atoms with Gasteiger partial charge in [-0.3, -0.25) is 4.98 Å². The number of fused-ring (bicyclic) bond motifs is 1. The number of pyridine rings is 1. The van der Waals surface area contributed by atoms with Crippen LogP contribution >= 0.6 is 0 Å². The number of nitrogens with two attached hydrogens (primary N) is 1. The molecule has 1 aromatic heterocycles. The van der Waals surface area contributed by atoms with Crippen LogP contribution in [-0.2, 0) is 11.2 Å². The molecule has 0 saturated carbocycles. The van der Waals surface area contributed by atoms with E-state index in [9.17, 15) is 0 Å². The Hall–Kier alpha value is -0.930. The van der Waals surface area contributed by atoms with Crippen LogP contribution in [-0.4, -0.2) is 24.2 Å². The number of ether oxygens (including phenoxy) is 1. The van der Waals surface area contributed by atoms with E-state index in [-0.39, 0.29) is 6.04 Å². The van der Waals surface area contributed by atoms with Gasteiger partial charge in [0.2, 0.25) is 0 Å². The maximum absolute atomic E-state index is 6.45. The summed E-state index contributed by atoms with van der Waals surface area (Å²) in [5.41, 5.74) is 9.10. The summed E-state index contributed by atoms with van der Waals surface area (Å²) in [4.78, 5) is 4.57. The summed E-state index contributed by atoms with van der Waals surface area (Å²) in [6.07, 6.45) is 6.59. The van der Waals surface area contributed by atoms with Crippen molar-refractivity contribution in [3.05, 3.63) is 29.6 Å². The molecule has 1 aliphatic carbocycles. The van der Waals surface area contributed by atoms with Crippen molar-refractivity contribution in [3.63, 3.8) is 0 Å². The standard InChI is InChI=1S/C14H20N2O/c15-13(11-6-8-17-9-11)12-5-1-3-10-4-2-7-16-14(10)12/h2,4,7,11-13H,1,3,5-6,8-9,15H2. The van der Waals surface area contributed by atoms with E-state index in [2.05, 4.69) is 11.1 Å². The third kappa shape index (κ3) is 2.09. The molecule has 3 unspecified atom stereocenters. The van der Waals surface area contributed by atoms with Gasteiger partial charge in [0, 0.05) is 36.4 Å². The molecule has 2 aliphatic rings. The second-order valence-corrected chi connectivity index (χ2v) is 5.25. The van der Waals surface area contributed by atoms with Crippen LogP contribution < -0.4 is 5.73 Å². The maximum Gasteiger partial charge on any atom is 0.0510 e. The minimum absolute atomic E-state index is 0.214. The number of aromatic nitrogens is 1. The lowest BCUT2D eigenvalue weighted by Gasteiger charge is -2.31. The highest BCUT2D eigenvalue weighted by Gasteiger charge is 2.33. The topological polar surface area (TPSA) is 48.1 Å². The predicted molar refractivity (Wildman–Crippen MR) is 66.8 cm³/mol. The Bertz CT molecular complexity index is 388. The normalized spacial score (nSPS) is 29.9. The van der Waals surface area contributed by atoms with Gasteiger partial charge in [0.1, 0.15) is 0 Å². The van der Waals surface area contributed by atoms with Gasteiger partial charge in [-0.15, -0.1) is 0 Å². The summed E-state index contributed by atoms with van der Waals surface area (Å²) in [6.45, 7) is 1.71. The van der Waals surface area contributed by atoms with Gasteiger partial charge in [0.05, 0.1) is 6.61 Å². The molecular weight excluding hydrogens is 212 g/mol. The fourth-order valence-corrected chi connectivity index (χ4v) is 3.20. The van der Waals surface area contributed by atoms with E-state index in [0.29, 0.717) is 11.8 Å². The zero-order chi connectivity index (χ0) is 11.7. The van der Waals surface area contributed by atoms with E-state index in [1.165, 1.54) is 24.1 Å². The number of nitrogens with zero attached hydrogens (tertiary/aromatic N) is 1. The van der Waals surface area contributed by atoms with E-state index in [4.69, 9.17) is 10.5 Å². The lowest BCUT2D eigenvalue weighted by atomic mass is 9.77. The fraction of sp³-hybridized carbons (Fsp3) is 0.643. The van der Waals surface area contributed by atoms with Gasteiger partial charge in [0.15, 0.2) is 0 Å². The SMILES string of the molecule is NC(C1CCOC1)C1CCCc2cccnc21. The van der Waals surface area contributed by atoms with Crippen LogP contribution in [0.25, 0.3) is 0 Å². The van der Waals surface area contributed by atoms with Crippen LogP contribution in [0.5, 0.6) is 0 Å². The molecule has 2 N–H and O–H groups in total. The molecule has 2 heterocycles. The van der Waals surface area contributed by atoms with Crippen LogP contribution in [0.3, 0.4) is 0 Å². The summed E-state index contributed by atoms with van der Waals surface area (Å²) in [5, 5.41) is 0. The van der Waals surface area contributed by atoms with Gasteiger partial charge in [-0.1, -0.05) is 6.07 Å². The van der Waals surface area contributed by atoms with Crippen molar-refractivity contribution in [1.29, 1.82) is 0 Å². The lowest BCUT2D eigenvalue weighted by molar-refractivity contribution is 0.176. The first-order valence-electron chi connectivity index (χ1n) is 6.63. The monoisotopic (exact) mass is 232 g/mol. The Morgan fingerprint density at radius 1 is 1.41 bits per heavy atom. The average molecular weight is 232 g/mol. The smallest absolute Gasteiger partial charge is 0.0510 e. The molecule has 0 aromatic carbocycles. The largest absolute Gasteiger partial charge is 0.381 e. The highest BCUT2D eigenvalue weighted by atomic mass is 16.5.